The van der Waals surface area contributed by atoms with Crippen LogP contribution in [0.4, 0.5) is 0 Å². The van der Waals surface area contributed by atoms with E-state index in [0.717, 1.165) is 25.4 Å². The average molecular weight is 216 g/mol. The molecule has 1 heterocycles. The van der Waals surface area contributed by atoms with Crippen LogP contribution in [0.2, 0.25) is 0 Å². The van der Waals surface area contributed by atoms with Crippen molar-refractivity contribution in [1.29, 1.82) is 0 Å². The first kappa shape index (κ1) is 13.4. The minimum atomic E-state index is -1.50. The maximum absolute atomic E-state index is 8.36. The number of rotatable bonds is 4. The lowest BCUT2D eigenvalue weighted by Crippen LogP contribution is -2.21. The van der Waals surface area contributed by atoms with Gasteiger partial charge in [0.15, 0.2) is 0 Å². The van der Waals surface area contributed by atoms with E-state index in [2.05, 4.69) is 18.7 Å². The molecule has 0 saturated heterocycles. The van der Waals surface area contributed by atoms with Crippen LogP contribution in [0.3, 0.4) is 0 Å². The quantitative estimate of drug-likeness (QED) is 0.612. The molecule has 86 valence electrons. The van der Waals surface area contributed by atoms with Crippen molar-refractivity contribution < 1.29 is 14.7 Å². The topological polar surface area (TPSA) is 79.8 Å². The lowest BCUT2D eigenvalue weighted by atomic mass is 10.4. The maximum atomic E-state index is 8.36. The monoisotopic (exact) mass is 216 g/mol. The lowest BCUT2D eigenvalue weighted by Gasteiger charge is -2.15. The zero-order chi connectivity index (χ0) is 11.7. The summed E-state index contributed by atoms with van der Waals surface area (Å²) in [6, 6.07) is 3.94. The van der Waals surface area contributed by atoms with Gasteiger partial charge in [0.05, 0.1) is 12.8 Å². The van der Waals surface area contributed by atoms with Crippen molar-refractivity contribution in [3.8, 4) is 0 Å². The summed E-state index contributed by atoms with van der Waals surface area (Å²) in [6.07, 6.45) is 1.72. The second-order valence-electron chi connectivity index (χ2n) is 2.78. The highest BCUT2D eigenvalue weighted by molar-refractivity contribution is 4.97. The average Bonchev–Trinajstić information content (AvgIpc) is 2.65. The Morgan fingerprint density at radius 1 is 1.53 bits per heavy atom. The fourth-order valence-corrected chi connectivity index (χ4v) is 1.07. The lowest BCUT2D eigenvalue weighted by molar-refractivity contribution is -0.742. The summed E-state index contributed by atoms with van der Waals surface area (Å²) in [7, 11) is 0. The van der Waals surface area contributed by atoms with Crippen LogP contribution in [0, 0.1) is 10.1 Å². The first-order valence-corrected chi connectivity index (χ1v) is 4.68. The molecule has 0 aliphatic rings. The van der Waals surface area contributed by atoms with Crippen LogP contribution < -0.4 is 0 Å². The molecule has 1 aromatic rings. The molecule has 6 heteroatoms. The Morgan fingerprint density at radius 2 is 2.07 bits per heavy atom. The van der Waals surface area contributed by atoms with Crippen molar-refractivity contribution in [2.45, 2.75) is 20.4 Å². The van der Waals surface area contributed by atoms with Crippen LogP contribution in [-0.4, -0.2) is 28.3 Å². The molecule has 0 bridgehead atoms. The Labute approximate surface area is 88.2 Å². The van der Waals surface area contributed by atoms with Gasteiger partial charge in [-0.15, -0.1) is 10.1 Å². The highest BCUT2D eigenvalue weighted by atomic mass is 16.9. The Hall–Kier alpha value is -1.56. The Kier molecular flexibility index (Phi) is 7.00. The molecular weight excluding hydrogens is 200 g/mol. The highest BCUT2D eigenvalue weighted by Crippen LogP contribution is 2.03. The molecule has 0 aliphatic heterocycles. The van der Waals surface area contributed by atoms with E-state index in [1.54, 1.807) is 6.26 Å². The number of furan rings is 1. The van der Waals surface area contributed by atoms with Gasteiger partial charge in [0.25, 0.3) is 5.09 Å². The molecule has 0 atom stereocenters. The number of hydrogen-bond donors (Lipinski definition) is 1. The normalized spacial score (nSPS) is 9.53. The number of nitrogens with zero attached hydrogens (tertiary/aromatic N) is 2. The summed E-state index contributed by atoms with van der Waals surface area (Å²) in [5.41, 5.74) is 0. The van der Waals surface area contributed by atoms with Crippen molar-refractivity contribution in [3.63, 3.8) is 0 Å². The van der Waals surface area contributed by atoms with Crippen molar-refractivity contribution in [2.75, 3.05) is 13.1 Å². The molecule has 0 amide bonds. The summed E-state index contributed by atoms with van der Waals surface area (Å²) in [4.78, 5) is 10.7. The van der Waals surface area contributed by atoms with Gasteiger partial charge in [-0.05, 0) is 25.2 Å². The molecule has 15 heavy (non-hydrogen) atoms. The van der Waals surface area contributed by atoms with Crippen LogP contribution in [0.25, 0.3) is 0 Å². The van der Waals surface area contributed by atoms with Crippen molar-refractivity contribution in [1.82, 2.24) is 4.90 Å². The van der Waals surface area contributed by atoms with Gasteiger partial charge in [-0.1, -0.05) is 13.8 Å². The zero-order valence-corrected chi connectivity index (χ0v) is 8.92. The van der Waals surface area contributed by atoms with Gasteiger partial charge in [-0.3, -0.25) is 4.90 Å². The largest absolute Gasteiger partial charge is 0.468 e. The van der Waals surface area contributed by atoms with Gasteiger partial charge in [0.1, 0.15) is 5.76 Å². The second-order valence-corrected chi connectivity index (χ2v) is 2.78. The standard InChI is InChI=1S/C9H15NO.HNO3/c1-3-10(4-2)8-9-6-5-7-11-9;2-1(3)4/h5-7H,3-4,8H2,1-2H3;(H,2,3,4). The van der Waals surface area contributed by atoms with E-state index in [0.29, 0.717) is 0 Å². The fraction of sp³-hybridized carbons (Fsp3) is 0.556. The van der Waals surface area contributed by atoms with Gasteiger partial charge in [0.2, 0.25) is 0 Å². The van der Waals surface area contributed by atoms with Crippen molar-refractivity contribution >= 4 is 0 Å². The summed E-state index contributed by atoms with van der Waals surface area (Å²) in [5, 5.41) is 13.6. The third-order valence-electron chi connectivity index (χ3n) is 1.85. The molecule has 0 aromatic carbocycles. The van der Waals surface area contributed by atoms with Crippen LogP contribution >= 0.6 is 0 Å². The minimum Gasteiger partial charge on any atom is -0.468 e. The van der Waals surface area contributed by atoms with Crippen LogP contribution in [0.1, 0.15) is 19.6 Å². The molecule has 0 aliphatic carbocycles. The first-order chi connectivity index (χ1) is 7.10. The second kappa shape index (κ2) is 7.81. The van der Waals surface area contributed by atoms with E-state index in [1.807, 2.05) is 12.1 Å². The highest BCUT2D eigenvalue weighted by Gasteiger charge is 2.01. The van der Waals surface area contributed by atoms with E-state index in [9.17, 15) is 0 Å². The maximum Gasteiger partial charge on any atom is 0.291 e. The first-order valence-electron chi connectivity index (χ1n) is 4.68. The van der Waals surface area contributed by atoms with Gasteiger partial charge < -0.3 is 9.62 Å². The van der Waals surface area contributed by atoms with Crippen molar-refractivity contribution in [3.05, 3.63) is 34.3 Å². The van der Waals surface area contributed by atoms with Crippen LogP contribution in [-0.2, 0) is 6.54 Å². The van der Waals surface area contributed by atoms with Crippen LogP contribution in [0.5, 0.6) is 0 Å². The van der Waals surface area contributed by atoms with E-state index in [4.69, 9.17) is 19.7 Å². The van der Waals surface area contributed by atoms with E-state index in [1.165, 1.54) is 0 Å². The minimum absolute atomic E-state index is 0.931. The summed E-state index contributed by atoms with van der Waals surface area (Å²) in [5.74, 6) is 1.05. The third-order valence-corrected chi connectivity index (χ3v) is 1.85. The van der Waals surface area contributed by atoms with Crippen molar-refractivity contribution in [2.24, 2.45) is 0 Å². The zero-order valence-electron chi connectivity index (χ0n) is 8.92. The molecule has 0 fully saturated rings. The molecule has 1 N–H and O–H groups in total. The third kappa shape index (κ3) is 7.51. The molecule has 0 spiro atoms. The Morgan fingerprint density at radius 3 is 2.40 bits per heavy atom. The summed E-state index contributed by atoms with van der Waals surface area (Å²) in [6.45, 7) is 7.41. The van der Waals surface area contributed by atoms with E-state index in [-0.39, 0.29) is 0 Å². The molecule has 0 saturated carbocycles. The Bertz CT molecular complexity index is 253. The summed E-state index contributed by atoms with van der Waals surface area (Å²) < 4.78 is 5.23. The molecule has 6 nitrogen and oxygen atoms in total. The predicted octanol–water partition coefficient (Wildman–Crippen LogP) is 1.77. The number of hydrogen-bond acceptors (Lipinski definition) is 4. The van der Waals surface area contributed by atoms with Gasteiger partial charge in [-0.2, -0.15) is 0 Å². The van der Waals surface area contributed by atoms with Gasteiger partial charge in [0, 0.05) is 0 Å². The van der Waals surface area contributed by atoms with E-state index < -0.39 is 5.09 Å². The molecule has 0 radical (unpaired) electrons. The molecule has 1 aromatic heterocycles. The van der Waals surface area contributed by atoms with Crippen LogP contribution in [0.15, 0.2) is 22.8 Å². The predicted molar refractivity (Wildman–Crippen MR) is 54.1 cm³/mol. The SMILES string of the molecule is CCN(CC)Cc1ccco1.O=[N+]([O-])O. The molecule has 1 rings (SSSR count). The molecule has 0 unspecified atom stereocenters. The van der Waals surface area contributed by atoms with E-state index >= 15 is 0 Å². The summed E-state index contributed by atoms with van der Waals surface area (Å²) >= 11 is 0. The van der Waals surface area contributed by atoms with Gasteiger partial charge >= 0.3 is 0 Å². The smallest absolute Gasteiger partial charge is 0.291 e. The Balaban J connectivity index is 0.000000423. The fourth-order valence-electron chi connectivity index (χ4n) is 1.07. The van der Waals surface area contributed by atoms with Gasteiger partial charge in [-0.25, -0.2) is 0 Å². The molecular formula is C9H16N2O4.